The van der Waals surface area contributed by atoms with Crippen LogP contribution in [0, 0.1) is 0 Å². The van der Waals surface area contributed by atoms with Crippen molar-refractivity contribution in [3.8, 4) is 0 Å². The molecule has 1 fully saturated rings. The summed E-state index contributed by atoms with van der Waals surface area (Å²) in [6, 6.07) is 0. The SMILES string of the molecule is CN(C(=O)c1cnc(C2CC2)o1)C(C)(C)C(N)=O. The molecule has 0 unspecified atom stereocenters. The van der Waals surface area contributed by atoms with E-state index in [2.05, 4.69) is 4.98 Å². The summed E-state index contributed by atoms with van der Waals surface area (Å²) in [6.07, 6.45) is 3.51. The summed E-state index contributed by atoms with van der Waals surface area (Å²) in [4.78, 5) is 28.8. The minimum Gasteiger partial charge on any atom is -0.435 e. The summed E-state index contributed by atoms with van der Waals surface area (Å²) in [7, 11) is 1.52. The van der Waals surface area contributed by atoms with Crippen LogP contribution in [0.25, 0.3) is 0 Å². The predicted octanol–water partition coefficient (Wildman–Crippen LogP) is 0.888. The highest BCUT2D eigenvalue weighted by atomic mass is 16.4. The maximum atomic E-state index is 12.1. The summed E-state index contributed by atoms with van der Waals surface area (Å²) >= 11 is 0. The van der Waals surface area contributed by atoms with E-state index >= 15 is 0 Å². The Balaban J connectivity index is 2.16. The largest absolute Gasteiger partial charge is 0.435 e. The monoisotopic (exact) mass is 251 g/mol. The molecule has 18 heavy (non-hydrogen) atoms. The molecule has 0 atom stereocenters. The van der Waals surface area contributed by atoms with Gasteiger partial charge < -0.3 is 15.1 Å². The molecular weight excluding hydrogens is 234 g/mol. The zero-order valence-corrected chi connectivity index (χ0v) is 10.8. The van der Waals surface area contributed by atoms with Crippen molar-refractivity contribution in [1.29, 1.82) is 0 Å². The molecule has 1 saturated carbocycles. The number of oxazole rings is 1. The third-order valence-corrected chi connectivity index (χ3v) is 3.41. The topological polar surface area (TPSA) is 89.4 Å². The van der Waals surface area contributed by atoms with Crippen molar-refractivity contribution >= 4 is 11.8 Å². The second-order valence-electron chi connectivity index (χ2n) is 5.12. The summed E-state index contributed by atoms with van der Waals surface area (Å²) in [5, 5.41) is 0. The fourth-order valence-electron chi connectivity index (χ4n) is 1.49. The Morgan fingerprint density at radius 3 is 2.61 bits per heavy atom. The molecule has 1 aromatic rings. The van der Waals surface area contributed by atoms with Crippen LogP contribution in [0.2, 0.25) is 0 Å². The van der Waals surface area contributed by atoms with Crippen molar-refractivity contribution in [2.45, 2.75) is 38.1 Å². The fraction of sp³-hybridized carbons (Fsp3) is 0.583. The molecule has 1 heterocycles. The third kappa shape index (κ3) is 2.10. The first-order valence-electron chi connectivity index (χ1n) is 5.88. The van der Waals surface area contributed by atoms with E-state index in [1.54, 1.807) is 13.8 Å². The lowest BCUT2D eigenvalue weighted by molar-refractivity contribution is -0.126. The molecule has 6 heteroatoms. The van der Waals surface area contributed by atoms with Crippen LogP contribution in [0.4, 0.5) is 0 Å². The number of primary amides is 1. The Hall–Kier alpha value is -1.85. The van der Waals surface area contributed by atoms with Gasteiger partial charge in [-0.15, -0.1) is 0 Å². The van der Waals surface area contributed by atoms with Crippen molar-refractivity contribution in [2.75, 3.05) is 7.05 Å². The molecule has 0 radical (unpaired) electrons. The van der Waals surface area contributed by atoms with Crippen molar-refractivity contribution in [1.82, 2.24) is 9.88 Å². The van der Waals surface area contributed by atoms with Gasteiger partial charge in [-0.3, -0.25) is 9.59 Å². The summed E-state index contributed by atoms with van der Waals surface area (Å²) in [5.74, 6) is 0.136. The molecule has 1 aliphatic rings. The maximum absolute atomic E-state index is 12.1. The van der Waals surface area contributed by atoms with E-state index in [1.165, 1.54) is 18.1 Å². The van der Waals surface area contributed by atoms with Gasteiger partial charge in [-0.25, -0.2) is 4.98 Å². The molecule has 2 amide bonds. The molecule has 0 aromatic carbocycles. The molecule has 2 rings (SSSR count). The van der Waals surface area contributed by atoms with Crippen LogP contribution in [0.15, 0.2) is 10.6 Å². The minimum atomic E-state index is -1.07. The van der Waals surface area contributed by atoms with Gasteiger partial charge in [-0.1, -0.05) is 0 Å². The highest BCUT2D eigenvalue weighted by Gasteiger charge is 2.36. The first kappa shape index (κ1) is 12.6. The number of likely N-dealkylation sites (N-methyl/N-ethyl adjacent to an activating group) is 1. The highest BCUT2D eigenvalue weighted by Crippen LogP contribution is 2.39. The van der Waals surface area contributed by atoms with Crippen molar-refractivity contribution in [2.24, 2.45) is 5.73 Å². The third-order valence-electron chi connectivity index (χ3n) is 3.41. The molecule has 0 aliphatic heterocycles. The van der Waals surface area contributed by atoms with Gasteiger partial charge in [0.15, 0.2) is 5.89 Å². The summed E-state index contributed by atoms with van der Waals surface area (Å²) in [6.45, 7) is 3.18. The summed E-state index contributed by atoms with van der Waals surface area (Å²) < 4.78 is 5.41. The first-order chi connectivity index (χ1) is 8.34. The predicted molar refractivity (Wildman–Crippen MR) is 63.8 cm³/mol. The fourth-order valence-corrected chi connectivity index (χ4v) is 1.49. The van der Waals surface area contributed by atoms with Crippen LogP contribution in [-0.2, 0) is 4.79 Å². The van der Waals surface area contributed by atoms with Crippen LogP contribution in [-0.4, -0.2) is 34.3 Å². The molecule has 0 bridgehead atoms. The van der Waals surface area contributed by atoms with E-state index in [1.807, 2.05) is 0 Å². The van der Waals surface area contributed by atoms with E-state index in [0.717, 1.165) is 12.8 Å². The van der Waals surface area contributed by atoms with E-state index in [-0.39, 0.29) is 5.76 Å². The van der Waals surface area contributed by atoms with Crippen LogP contribution in [0.5, 0.6) is 0 Å². The van der Waals surface area contributed by atoms with Gasteiger partial charge in [0.1, 0.15) is 5.54 Å². The zero-order chi connectivity index (χ0) is 13.5. The number of amides is 2. The van der Waals surface area contributed by atoms with Crippen LogP contribution in [0.3, 0.4) is 0 Å². The second-order valence-corrected chi connectivity index (χ2v) is 5.12. The van der Waals surface area contributed by atoms with Gasteiger partial charge in [-0.05, 0) is 26.7 Å². The smallest absolute Gasteiger partial charge is 0.291 e. The maximum Gasteiger partial charge on any atom is 0.291 e. The Kier molecular flexibility index (Phi) is 2.88. The van der Waals surface area contributed by atoms with Crippen LogP contribution in [0.1, 0.15) is 49.1 Å². The number of nitrogens with zero attached hydrogens (tertiary/aromatic N) is 2. The number of hydrogen-bond acceptors (Lipinski definition) is 4. The molecule has 1 aromatic heterocycles. The second kappa shape index (κ2) is 4.12. The van der Waals surface area contributed by atoms with Gasteiger partial charge in [-0.2, -0.15) is 0 Å². The number of carbonyl (C=O) groups excluding carboxylic acids is 2. The highest BCUT2D eigenvalue weighted by molar-refractivity contribution is 5.96. The zero-order valence-electron chi connectivity index (χ0n) is 10.8. The van der Waals surface area contributed by atoms with Crippen molar-refractivity contribution in [3.63, 3.8) is 0 Å². The molecule has 2 N–H and O–H groups in total. The van der Waals surface area contributed by atoms with E-state index < -0.39 is 17.4 Å². The van der Waals surface area contributed by atoms with Crippen molar-refractivity contribution in [3.05, 3.63) is 17.8 Å². The lowest BCUT2D eigenvalue weighted by Gasteiger charge is -2.31. The molecular formula is C12H17N3O3. The summed E-state index contributed by atoms with van der Waals surface area (Å²) in [5.41, 5.74) is 4.21. The number of carbonyl (C=O) groups is 2. The first-order valence-corrected chi connectivity index (χ1v) is 5.88. The Morgan fingerprint density at radius 1 is 1.50 bits per heavy atom. The number of hydrogen-bond donors (Lipinski definition) is 1. The van der Waals surface area contributed by atoms with Crippen LogP contribution >= 0.6 is 0 Å². The van der Waals surface area contributed by atoms with E-state index in [9.17, 15) is 9.59 Å². The molecule has 1 aliphatic carbocycles. The standard InChI is InChI=1S/C12H17N3O3/c1-12(2,11(13)17)15(3)10(16)8-6-14-9(18-8)7-4-5-7/h6-7H,4-5H2,1-3H3,(H2,13,17). The normalized spacial score (nSPS) is 15.5. The average molecular weight is 251 g/mol. The number of rotatable bonds is 4. The average Bonchev–Trinajstić information content (AvgIpc) is 3.05. The Morgan fingerprint density at radius 2 is 2.11 bits per heavy atom. The number of nitrogens with two attached hydrogens (primary N) is 1. The van der Waals surface area contributed by atoms with Gasteiger partial charge in [0, 0.05) is 13.0 Å². The van der Waals surface area contributed by atoms with Crippen LogP contribution < -0.4 is 5.73 Å². The molecule has 6 nitrogen and oxygen atoms in total. The minimum absolute atomic E-state index is 0.147. The Bertz CT molecular complexity index is 489. The van der Waals surface area contributed by atoms with Gasteiger partial charge in [0.05, 0.1) is 6.20 Å². The molecule has 0 spiro atoms. The van der Waals surface area contributed by atoms with Gasteiger partial charge in [0.25, 0.3) is 5.91 Å². The lowest BCUT2D eigenvalue weighted by Crippen LogP contribution is -2.53. The number of aromatic nitrogens is 1. The lowest BCUT2D eigenvalue weighted by atomic mass is 10.0. The Labute approximate surface area is 105 Å². The van der Waals surface area contributed by atoms with Crippen molar-refractivity contribution < 1.29 is 14.0 Å². The van der Waals surface area contributed by atoms with E-state index in [4.69, 9.17) is 10.2 Å². The molecule has 98 valence electrons. The quantitative estimate of drug-likeness (QED) is 0.860. The van der Waals surface area contributed by atoms with Gasteiger partial charge >= 0.3 is 0 Å². The van der Waals surface area contributed by atoms with E-state index in [0.29, 0.717) is 11.8 Å². The van der Waals surface area contributed by atoms with Gasteiger partial charge in [0.2, 0.25) is 11.7 Å². The molecule has 0 saturated heterocycles.